The number of rotatable bonds is 11. The summed E-state index contributed by atoms with van der Waals surface area (Å²) in [5.74, 6) is -2.23. The number of hydrogen-bond donors (Lipinski definition) is 3. The number of amides is 1. The van der Waals surface area contributed by atoms with Crippen molar-refractivity contribution in [3.63, 3.8) is 0 Å². The van der Waals surface area contributed by atoms with Gasteiger partial charge in [0.15, 0.2) is 0 Å². The number of anilines is 1. The van der Waals surface area contributed by atoms with E-state index >= 15 is 0 Å². The van der Waals surface area contributed by atoms with Crippen molar-refractivity contribution in [3.05, 3.63) is 92.9 Å². The van der Waals surface area contributed by atoms with E-state index in [1.807, 2.05) is 57.3 Å². The highest BCUT2D eigenvalue weighted by Gasteiger charge is 2.31. The van der Waals surface area contributed by atoms with Crippen LogP contribution in [0.4, 0.5) is 5.69 Å². The molecule has 1 amide bonds. The van der Waals surface area contributed by atoms with Gasteiger partial charge in [-0.25, -0.2) is 4.98 Å². The number of carbonyl (C=O) groups excluding carboxylic acids is 2. The van der Waals surface area contributed by atoms with Crippen molar-refractivity contribution in [2.45, 2.75) is 18.9 Å². The van der Waals surface area contributed by atoms with E-state index in [9.17, 15) is 18.0 Å². The zero-order valence-corrected chi connectivity index (χ0v) is 22.7. The highest BCUT2D eigenvalue weighted by molar-refractivity contribution is 7.87. The minimum absolute atomic E-state index is 0.165. The molecular weight excluding hydrogens is 547 g/mol. The number of nitrogens with zero attached hydrogens (tertiary/aromatic N) is 1. The molecule has 0 saturated carbocycles. The number of methoxy groups -OCH3 is 1. The number of hydrogen-bond acceptors (Lipinski definition) is 8. The van der Waals surface area contributed by atoms with E-state index < -0.39 is 34.1 Å². The van der Waals surface area contributed by atoms with Crippen molar-refractivity contribution in [2.24, 2.45) is 5.92 Å². The van der Waals surface area contributed by atoms with Gasteiger partial charge < -0.3 is 10.1 Å². The van der Waals surface area contributed by atoms with Crippen molar-refractivity contribution >= 4 is 50.5 Å². The monoisotopic (exact) mass is 571 g/mol. The fourth-order valence-corrected chi connectivity index (χ4v) is 5.84. The molecule has 0 bridgehead atoms. The Balaban J connectivity index is 1.63. The summed E-state index contributed by atoms with van der Waals surface area (Å²) in [4.78, 5) is 30.8. The molecule has 4 rings (SSSR count). The Bertz CT molecular complexity index is 1490. The summed E-state index contributed by atoms with van der Waals surface area (Å²) in [6.07, 6.45) is 0.417. The second-order valence-electron chi connectivity index (χ2n) is 8.39. The van der Waals surface area contributed by atoms with Crippen LogP contribution in [0.3, 0.4) is 0 Å². The van der Waals surface area contributed by atoms with E-state index in [2.05, 4.69) is 5.32 Å². The first-order valence-electron chi connectivity index (χ1n) is 11.5. The molecule has 12 heteroatoms. The van der Waals surface area contributed by atoms with E-state index in [-0.39, 0.29) is 18.5 Å². The summed E-state index contributed by atoms with van der Waals surface area (Å²) in [5, 5.41) is 9.41. The van der Waals surface area contributed by atoms with Crippen LogP contribution in [0.25, 0.3) is 11.3 Å². The van der Waals surface area contributed by atoms with Crippen LogP contribution in [0.5, 0.6) is 0 Å². The molecule has 0 aliphatic rings. The van der Waals surface area contributed by atoms with Crippen molar-refractivity contribution in [1.82, 2.24) is 10.3 Å². The number of thiophene rings is 1. The first-order chi connectivity index (χ1) is 18.2. The summed E-state index contributed by atoms with van der Waals surface area (Å²) >= 11 is 2.92. The number of carbonyl (C=O) groups is 2. The van der Waals surface area contributed by atoms with Gasteiger partial charge in [0.2, 0.25) is 5.91 Å². The summed E-state index contributed by atoms with van der Waals surface area (Å²) in [5.41, 5.74) is 3.38. The van der Waals surface area contributed by atoms with E-state index in [0.29, 0.717) is 10.6 Å². The van der Waals surface area contributed by atoms with Gasteiger partial charge in [0.1, 0.15) is 10.9 Å². The molecular formula is C26H25N3O6S3. The van der Waals surface area contributed by atoms with Crippen LogP contribution in [0.1, 0.15) is 22.2 Å². The Labute approximate surface area is 228 Å². The molecule has 9 nitrogen and oxygen atoms in total. The largest absolute Gasteiger partial charge is 0.468 e. The molecule has 0 aliphatic carbocycles. The average Bonchev–Trinajstić information content (AvgIpc) is 3.59. The van der Waals surface area contributed by atoms with Gasteiger partial charge in [0, 0.05) is 16.3 Å². The van der Waals surface area contributed by atoms with Gasteiger partial charge >= 0.3 is 16.3 Å². The second-order valence-corrected chi connectivity index (χ2v) is 11.2. The van der Waals surface area contributed by atoms with Gasteiger partial charge in [-0.1, -0.05) is 42.5 Å². The van der Waals surface area contributed by atoms with Gasteiger partial charge in [-0.2, -0.15) is 19.8 Å². The van der Waals surface area contributed by atoms with Crippen molar-refractivity contribution < 1.29 is 27.3 Å². The van der Waals surface area contributed by atoms with E-state index in [4.69, 9.17) is 14.3 Å². The SMILES string of the molecule is COC(=O)C(Cc1ccccc1)C(=O)NC(Cc1cccc(NS(=O)(=O)O)c1)c1nc(-c2ccsc2)cs1. The molecule has 0 fully saturated rings. The highest BCUT2D eigenvalue weighted by Crippen LogP contribution is 2.29. The third-order valence-electron chi connectivity index (χ3n) is 5.65. The molecule has 2 aromatic carbocycles. The van der Waals surface area contributed by atoms with Gasteiger partial charge in [-0.15, -0.1) is 11.3 Å². The van der Waals surface area contributed by atoms with Gasteiger partial charge in [0.25, 0.3) is 0 Å². The number of aromatic nitrogens is 1. The minimum atomic E-state index is -4.45. The van der Waals surface area contributed by atoms with Gasteiger partial charge in [0.05, 0.1) is 24.5 Å². The minimum Gasteiger partial charge on any atom is -0.468 e. The molecule has 0 aliphatic heterocycles. The van der Waals surface area contributed by atoms with Crippen molar-refractivity contribution in [2.75, 3.05) is 11.8 Å². The van der Waals surface area contributed by atoms with E-state index in [0.717, 1.165) is 16.8 Å². The lowest BCUT2D eigenvalue weighted by molar-refractivity contribution is -0.150. The molecule has 2 unspecified atom stereocenters. The van der Waals surface area contributed by atoms with E-state index in [1.54, 1.807) is 29.5 Å². The number of ether oxygens (including phenoxy) is 1. The molecule has 38 heavy (non-hydrogen) atoms. The van der Waals surface area contributed by atoms with Crippen LogP contribution in [0.2, 0.25) is 0 Å². The third kappa shape index (κ3) is 7.48. The van der Waals surface area contributed by atoms with Crippen molar-refractivity contribution in [3.8, 4) is 11.3 Å². The maximum atomic E-state index is 13.5. The fourth-order valence-electron chi connectivity index (χ4n) is 3.88. The fraction of sp³-hybridized carbons (Fsp3) is 0.192. The molecule has 2 atom stereocenters. The standard InChI is InChI=1S/C26H25N3O6S3/c1-35-26(31)21(13-17-6-3-2-4-7-17)24(30)27-22(25-28-23(16-37-25)19-10-11-36-15-19)14-18-8-5-9-20(12-18)29-38(32,33)34/h2-12,15-16,21-22,29H,13-14H2,1H3,(H,27,30)(H,32,33,34). The lowest BCUT2D eigenvalue weighted by atomic mass is 9.97. The lowest BCUT2D eigenvalue weighted by Gasteiger charge is -2.21. The Morgan fingerprint density at radius 3 is 2.47 bits per heavy atom. The highest BCUT2D eigenvalue weighted by atomic mass is 32.2. The summed E-state index contributed by atoms with van der Waals surface area (Å²) in [6, 6.07) is 17.0. The molecule has 0 spiro atoms. The van der Waals surface area contributed by atoms with Crippen LogP contribution in [0, 0.1) is 5.92 Å². The normalized spacial score (nSPS) is 12.9. The maximum absolute atomic E-state index is 13.5. The molecule has 4 aromatic rings. The Morgan fingerprint density at radius 1 is 1.03 bits per heavy atom. The predicted octanol–water partition coefficient (Wildman–Crippen LogP) is 4.52. The first kappa shape index (κ1) is 27.5. The number of benzene rings is 2. The smallest absolute Gasteiger partial charge is 0.357 e. The molecule has 0 saturated heterocycles. The Hall–Kier alpha value is -3.58. The summed E-state index contributed by atoms with van der Waals surface area (Å²) < 4.78 is 38.6. The summed E-state index contributed by atoms with van der Waals surface area (Å²) in [6.45, 7) is 0. The first-order valence-corrected chi connectivity index (χ1v) is 14.7. The molecule has 2 aromatic heterocycles. The lowest BCUT2D eigenvalue weighted by Crippen LogP contribution is -2.40. The number of esters is 1. The molecule has 2 heterocycles. The van der Waals surface area contributed by atoms with Gasteiger partial charge in [-0.3, -0.25) is 18.9 Å². The second kappa shape index (κ2) is 12.3. The zero-order chi connectivity index (χ0) is 27.1. The van der Waals surface area contributed by atoms with Gasteiger partial charge in [-0.05, 0) is 47.5 Å². The van der Waals surface area contributed by atoms with Crippen molar-refractivity contribution in [1.29, 1.82) is 0 Å². The van der Waals surface area contributed by atoms with Crippen LogP contribution in [-0.2, 0) is 37.5 Å². The third-order valence-corrected chi connectivity index (χ3v) is 7.79. The maximum Gasteiger partial charge on any atom is 0.357 e. The zero-order valence-electron chi connectivity index (χ0n) is 20.2. The van der Waals surface area contributed by atoms with Crippen LogP contribution in [0.15, 0.2) is 76.8 Å². The van der Waals surface area contributed by atoms with E-state index in [1.165, 1.54) is 24.5 Å². The predicted molar refractivity (Wildman–Crippen MR) is 147 cm³/mol. The topological polar surface area (TPSA) is 135 Å². The van der Waals surface area contributed by atoms with Crippen LogP contribution >= 0.6 is 22.7 Å². The molecule has 198 valence electrons. The van der Waals surface area contributed by atoms with Crippen LogP contribution < -0.4 is 10.0 Å². The Kier molecular flexibility index (Phi) is 8.89. The molecule has 3 N–H and O–H groups in total. The quantitative estimate of drug-likeness (QED) is 0.137. The Morgan fingerprint density at radius 2 is 1.79 bits per heavy atom. The number of thiazole rings is 1. The van der Waals surface area contributed by atoms with Crippen LogP contribution in [-0.4, -0.2) is 36.9 Å². The molecule has 0 radical (unpaired) electrons. The average molecular weight is 572 g/mol. The summed E-state index contributed by atoms with van der Waals surface area (Å²) in [7, 11) is -3.21. The number of nitrogens with one attached hydrogen (secondary N) is 2.